The molecule has 0 spiro atoms. The van der Waals surface area contributed by atoms with Crippen molar-refractivity contribution < 1.29 is 4.84 Å². The predicted molar refractivity (Wildman–Crippen MR) is 47.5 cm³/mol. The van der Waals surface area contributed by atoms with E-state index in [0.29, 0.717) is 5.76 Å². The summed E-state index contributed by atoms with van der Waals surface area (Å²) in [6.07, 6.45) is 0. The summed E-state index contributed by atoms with van der Waals surface area (Å²) < 4.78 is 0. The van der Waals surface area contributed by atoms with Crippen molar-refractivity contribution >= 4 is 6.72 Å². The van der Waals surface area contributed by atoms with Crippen LogP contribution in [0.3, 0.4) is 0 Å². The van der Waals surface area contributed by atoms with Gasteiger partial charge in [0.15, 0.2) is 0 Å². The van der Waals surface area contributed by atoms with Crippen LogP contribution in [-0.2, 0) is 4.84 Å². The molecule has 3 nitrogen and oxygen atoms in total. The highest BCUT2D eigenvalue weighted by molar-refractivity contribution is 5.24. The lowest BCUT2D eigenvalue weighted by molar-refractivity contribution is 0.0751. The highest BCUT2D eigenvalue weighted by Gasteiger charge is 2.08. The third-order valence-corrected chi connectivity index (χ3v) is 1.43. The SMILES string of the molecule is C=NC(C)C(C)NOC(=C)C. The van der Waals surface area contributed by atoms with Crippen LogP contribution in [0.5, 0.6) is 0 Å². The molecule has 0 fully saturated rings. The molecule has 11 heavy (non-hydrogen) atoms. The van der Waals surface area contributed by atoms with Gasteiger partial charge in [-0.25, -0.2) is 0 Å². The average molecular weight is 156 g/mol. The molecule has 2 unspecified atom stereocenters. The molecule has 0 aromatic carbocycles. The molecule has 64 valence electrons. The highest BCUT2D eigenvalue weighted by Crippen LogP contribution is 1.97. The van der Waals surface area contributed by atoms with E-state index in [1.165, 1.54) is 0 Å². The first-order valence-corrected chi connectivity index (χ1v) is 3.61. The summed E-state index contributed by atoms with van der Waals surface area (Å²) >= 11 is 0. The van der Waals surface area contributed by atoms with Gasteiger partial charge in [0, 0.05) is 0 Å². The first-order valence-electron chi connectivity index (χ1n) is 3.61. The number of allylic oxidation sites excluding steroid dienone is 1. The van der Waals surface area contributed by atoms with E-state index in [1.54, 1.807) is 6.92 Å². The molecular weight excluding hydrogens is 140 g/mol. The molecule has 0 saturated heterocycles. The second-order valence-corrected chi connectivity index (χ2v) is 2.63. The number of hydrogen-bond acceptors (Lipinski definition) is 3. The highest BCUT2D eigenvalue weighted by atomic mass is 16.6. The number of nitrogens with zero attached hydrogens (tertiary/aromatic N) is 1. The zero-order chi connectivity index (χ0) is 8.85. The molecule has 0 aromatic heterocycles. The van der Waals surface area contributed by atoms with Gasteiger partial charge in [-0.05, 0) is 27.5 Å². The molecule has 0 aromatic rings. The lowest BCUT2D eigenvalue weighted by atomic mass is 10.2. The third-order valence-electron chi connectivity index (χ3n) is 1.43. The van der Waals surface area contributed by atoms with Gasteiger partial charge in [0.1, 0.15) is 5.76 Å². The summed E-state index contributed by atoms with van der Waals surface area (Å²) in [4.78, 5) is 8.84. The molecule has 0 saturated carbocycles. The standard InChI is InChI=1S/C8H16N2O/c1-6(2)11-10-8(4)7(3)9-5/h7-8,10H,1,5H2,2-4H3. The topological polar surface area (TPSA) is 33.6 Å². The van der Waals surface area contributed by atoms with E-state index in [9.17, 15) is 0 Å². The van der Waals surface area contributed by atoms with Crippen LogP contribution in [0.2, 0.25) is 0 Å². The van der Waals surface area contributed by atoms with Crippen molar-refractivity contribution in [2.75, 3.05) is 0 Å². The number of hydrogen-bond donors (Lipinski definition) is 1. The van der Waals surface area contributed by atoms with Crippen molar-refractivity contribution in [2.24, 2.45) is 4.99 Å². The summed E-state index contributed by atoms with van der Waals surface area (Å²) in [6, 6.07) is 0.304. The molecule has 2 atom stereocenters. The first kappa shape index (κ1) is 10.2. The second-order valence-electron chi connectivity index (χ2n) is 2.63. The van der Waals surface area contributed by atoms with E-state index < -0.39 is 0 Å². The number of rotatable bonds is 5. The van der Waals surface area contributed by atoms with Crippen LogP contribution in [-0.4, -0.2) is 18.8 Å². The van der Waals surface area contributed by atoms with Crippen molar-refractivity contribution in [2.45, 2.75) is 32.9 Å². The van der Waals surface area contributed by atoms with Crippen LogP contribution in [0.1, 0.15) is 20.8 Å². The van der Waals surface area contributed by atoms with E-state index in [4.69, 9.17) is 4.84 Å². The van der Waals surface area contributed by atoms with E-state index in [0.717, 1.165) is 0 Å². The normalized spacial score (nSPS) is 15.2. The molecule has 0 bridgehead atoms. The van der Waals surface area contributed by atoms with Crippen LogP contribution in [0.25, 0.3) is 0 Å². The first-order chi connectivity index (χ1) is 5.07. The summed E-state index contributed by atoms with van der Waals surface area (Å²) in [5, 5.41) is 0. The van der Waals surface area contributed by atoms with Crippen LogP contribution in [0, 0.1) is 0 Å². The van der Waals surface area contributed by atoms with Gasteiger partial charge < -0.3 is 4.84 Å². The van der Waals surface area contributed by atoms with Gasteiger partial charge in [0.25, 0.3) is 0 Å². The average Bonchev–Trinajstić information content (AvgIpc) is 1.98. The zero-order valence-corrected chi connectivity index (χ0v) is 7.42. The minimum absolute atomic E-state index is 0.148. The van der Waals surface area contributed by atoms with Gasteiger partial charge in [-0.1, -0.05) is 6.58 Å². The van der Waals surface area contributed by atoms with E-state index >= 15 is 0 Å². The Hall–Kier alpha value is -0.830. The minimum Gasteiger partial charge on any atom is -0.414 e. The molecule has 0 heterocycles. The fourth-order valence-electron chi connectivity index (χ4n) is 0.450. The lowest BCUT2D eigenvalue weighted by Gasteiger charge is -2.17. The quantitative estimate of drug-likeness (QED) is 0.372. The Balaban J connectivity index is 3.59. The Morgan fingerprint density at radius 2 is 2.09 bits per heavy atom. The number of hydroxylamine groups is 1. The van der Waals surface area contributed by atoms with Gasteiger partial charge in [0.2, 0.25) is 0 Å². The van der Waals surface area contributed by atoms with Gasteiger partial charge >= 0.3 is 0 Å². The van der Waals surface area contributed by atoms with Gasteiger partial charge in [-0.2, -0.15) is 5.48 Å². The van der Waals surface area contributed by atoms with Crippen molar-refractivity contribution in [1.29, 1.82) is 0 Å². The Bertz CT molecular complexity index is 145. The van der Waals surface area contributed by atoms with Crippen LogP contribution in [0.15, 0.2) is 17.3 Å². The van der Waals surface area contributed by atoms with Crippen LogP contribution < -0.4 is 5.48 Å². The summed E-state index contributed by atoms with van der Waals surface area (Å²) in [5.74, 6) is 0.646. The van der Waals surface area contributed by atoms with Gasteiger partial charge in [-0.3, -0.25) is 4.99 Å². The molecule has 0 aliphatic rings. The Morgan fingerprint density at radius 1 is 1.55 bits per heavy atom. The summed E-state index contributed by atoms with van der Waals surface area (Å²) in [5.41, 5.74) is 2.80. The van der Waals surface area contributed by atoms with Crippen LogP contribution in [0.4, 0.5) is 0 Å². The summed E-state index contributed by atoms with van der Waals surface area (Å²) in [6.45, 7) is 12.7. The number of nitrogens with one attached hydrogen (secondary N) is 1. The molecular formula is C8H16N2O. The maximum atomic E-state index is 4.99. The Morgan fingerprint density at radius 3 is 2.45 bits per heavy atom. The monoisotopic (exact) mass is 156 g/mol. The van der Waals surface area contributed by atoms with E-state index in [2.05, 4.69) is 23.8 Å². The smallest absolute Gasteiger partial charge is 0.114 e. The van der Waals surface area contributed by atoms with E-state index in [1.807, 2.05) is 13.8 Å². The molecule has 3 heteroatoms. The van der Waals surface area contributed by atoms with Crippen LogP contribution >= 0.6 is 0 Å². The summed E-state index contributed by atoms with van der Waals surface area (Å²) in [7, 11) is 0. The number of aliphatic imine (C=N–C) groups is 1. The van der Waals surface area contributed by atoms with Gasteiger partial charge in [0.05, 0.1) is 12.1 Å². The predicted octanol–water partition coefficient (Wildman–Crippen LogP) is 1.52. The molecule has 0 rings (SSSR count). The Kier molecular flexibility index (Phi) is 4.54. The van der Waals surface area contributed by atoms with E-state index in [-0.39, 0.29) is 12.1 Å². The zero-order valence-electron chi connectivity index (χ0n) is 7.42. The molecule has 0 aliphatic heterocycles. The third kappa shape index (κ3) is 4.56. The molecule has 0 radical (unpaired) electrons. The second kappa shape index (κ2) is 4.91. The largest absolute Gasteiger partial charge is 0.414 e. The van der Waals surface area contributed by atoms with Gasteiger partial charge in [-0.15, -0.1) is 0 Å². The Labute approximate surface area is 68.1 Å². The maximum absolute atomic E-state index is 4.99. The minimum atomic E-state index is 0.148. The molecule has 0 aliphatic carbocycles. The molecule has 1 N–H and O–H groups in total. The fraction of sp³-hybridized carbons (Fsp3) is 0.625. The van der Waals surface area contributed by atoms with Crippen molar-refractivity contribution in [1.82, 2.24) is 5.48 Å². The fourth-order valence-corrected chi connectivity index (χ4v) is 0.450. The maximum Gasteiger partial charge on any atom is 0.114 e. The lowest BCUT2D eigenvalue weighted by Crippen LogP contribution is -2.33. The van der Waals surface area contributed by atoms with Crippen molar-refractivity contribution in [3.8, 4) is 0 Å². The molecule has 0 amide bonds. The van der Waals surface area contributed by atoms with Crippen molar-refractivity contribution in [3.05, 3.63) is 12.3 Å². The van der Waals surface area contributed by atoms with Crippen molar-refractivity contribution in [3.63, 3.8) is 0 Å².